The molecule has 0 saturated heterocycles. The molecule has 100 valence electrons. The predicted molar refractivity (Wildman–Crippen MR) is 84.1 cm³/mol. The fourth-order valence-electron chi connectivity index (χ4n) is 2.07. The van der Waals surface area contributed by atoms with Crippen molar-refractivity contribution in [3.05, 3.63) is 71.9 Å². The number of rotatable bonds is 3. The highest BCUT2D eigenvalue weighted by atomic mass is 15.1. The van der Waals surface area contributed by atoms with Gasteiger partial charge in [0.15, 0.2) is 10.8 Å². The highest BCUT2D eigenvalue weighted by molar-refractivity contribution is 5.80. The molecule has 1 heterocycles. The first-order valence-corrected chi connectivity index (χ1v) is 6.56. The Morgan fingerprint density at radius 1 is 0.905 bits per heavy atom. The molecule has 0 spiro atoms. The van der Waals surface area contributed by atoms with Gasteiger partial charge in [0.2, 0.25) is 4.91 Å². The van der Waals surface area contributed by atoms with Crippen molar-refractivity contribution >= 4 is 28.7 Å². The van der Waals surface area contributed by atoms with Crippen molar-refractivity contribution in [2.45, 2.75) is 0 Å². The van der Waals surface area contributed by atoms with Gasteiger partial charge in [0.25, 0.3) is 0 Å². The highest BCUT2D eigenvalue weighted by Gasteiger charge is 1.96. The topological polar surface area (TPSA) is 63.2 Å². The van der Waals surface area contributed by atoms with E-state index in [1.165, 1.54) is 0 Å². The average Bonchev–Trinajstić information content (AvgIpc) is 2.54. The molecule has 0 atom stereocenters. The third-order valence-electron chi connectivity index (χ3n) is 3.13. The zero-order valence-electron chi connectivity index (χ0n) is 11.3. The molecule has 0 fully saturated rings. The van der Waals surface area contributed by atoms with Crippen LogP contribution in [0, 0.1) is 5.53 Å². The van der Waals surface area contributed by atoms with Crippen LogP contribution >= 0.6 is 0 Å². The molecule has 2 aromatic carbocycles. The Morgan fingerprint density at radius 2 is 1.71 bits per heavy atom. The predicted octanol–water partition coefficient (Wildman–Crippen LogP) is 4.59. The van der Waals surface area contributed by atoms with Crippen LogP contribution in [-0.4, -0.2) is 4.98 Å². The third-order valence-corrected chi connectivity index (χ3v) is 3.13. The van der Waals surface area contributed by atoms with Crippen molar-refractivity contribution in [3.63, 3.8) is 0 Å². The summed E-state index contributed by atoms with van der Waals surface area (Å²) >= 11 is 0. The largest absolute Gasteiger partial charge is 0.248 e. The molecule has 0 aliphatic carbocycles. The second-order valence-electron chi connectivity index (χ2n) is 4.55. The first kappa shape index (κ1) is 12.9. The lowest BCUT2D eigenvalue weighted by Gasteiger charge is -1.98. The number of pyridine rings is 1. The van der Waals surface area contributed by atoms with Gasteiger partial charge in [-0.3, -0.25) is 0 Å². The van der Waals surface area contributed by atoms with E-state index >= 15 is 0 Å². The van der Waals surface area contributed by atoms with E-state index in [1.54, 1.807) is 0 Å². The maximum atomic E-state index is 6.69. The summed E-state index contributed by atoms with van der Waals surface area (Å²) < 4.78 is 0. The number of benzene rings is 2. The molecule has 0 saturated carbocycles. The molecule has 3 rings (SSSR count). The van der Waals surface area contributed by atoms with Crippen molar-refractivity contribution in [2.24, 2.45) is 5.11 Å². The van der Waals surface area contributed by atoms with Crippen molar-refractivity contribution < 1.29 is 0 Å². The van der Waals surface area contributed by atoms with Gasteiger partial charge in [-0.15, -0.1) is 0 Å². The lowest BCUT2D eigenvalue weighted by molar-refractivity contribution is 0.992. The summed E-state index contributed by atoms with van der Waals surface area (Å²) in [5, 5.41) is 4.79. The van der Waals surface area contributed by atoms with Crippen LogP contribution < -0.4 is 4.91 Å². The summed E-state index contributed by atoms with van der Waals surface area (Å²) in [6.07, 6.45) is 3.98. The minimum atomic E-state index is 0.672. The monoisotopic (exact) mass is 273 g/mol. The molecule has 1 N–H and O–H groups in total. The maximum absolute atomic E-state index is 6.69. The quantitative estimate of drug-likeness (QED) is 0.550. The highest BCUT2D eigenvalue weighted by Crippen LogP contribution is 2.16. The zero-order valence-corrected chi connectivity index (χ0v) is 11.3. The minimum absolute atomic E-state index is 0.672. The van der Waals surface area contributed by atoms with E-state index in [1.807, 2.05) is 60.7 Å². The minimum Gasteiger partial charge on any atom is -0.248 e. The van der Waals surface area contributed by atoms with Gasteiger partial charge in [-0.05, 0) is 35.9 Å². The SMILES string of the molecule is N=[N+]=Nc1ccc(/C=C/c2ccc3ccccc3n2)cc1. The Labute approximate surface area is 122 Å². The van der Waals surface area contributed by atoms with Gasteiger partial charge in [0, 0.05) is 5.39 Å². The number of nitrogens with zero attached hydrogens (tertiary/aromatic N) is 3. The maximum Gasteiger partial charge on any atom is 0.220 e. The molecular weight excluding hydrogens is 260 g/mol. The summed E-state index contributed by atoms with van der Waals surface area (Å²) in [5.41, 5.74) is 10.3. The van der Waals surface area contributed by atoms with Gasteiger partial charge in [-0.1, -0.05) is 42.5 Å². The number of aromatic nitrogens is 1. The van der Waals surface area contributed by atoms with Gasteiger partial charge in [0.05, 0.1) is 11.2 Å². The Balaban J connectivity index is 1.85. The van der Waals surface area contributed by atoms with Crippen LogP contribution in [0.3, 0.4) is 0 Å². The molecule has 1 aromatic heterocycles. The molecule has 0 bridgehead atoms. The zero-order chi connectivity index (χ0) is 14.5. The van der Waals surface area contributed by atoms with Crippen molar-refractivity contribution in [2.75, 3.05) is 0 Å². The molecule has 0 aliphatic rings. The summed E-state index contributed by atoms with van der Waals surface area (Å²) in [7, 11) is 0. The van der Waals surface area contributed by atoms with Gasteiger partial charge >= 0.3 is 0 Å². The Hall–Kier alpha value is -3.10. The van der Waals surface area contributed by atoms with Crippen molar-refractivity contribution in [1.82, 2.24) is 9.90 Å². The van der Waals surface area contributed by atoms with Gasteiger partial charge in [0.1, 0.15) is 5.53 Å². The third kappa shape index (κ3) is 3.08. The average molecular weight is 273 g/mol. The normalized spacial score (nSPS) is 10.7. The second-order valence-corrected chi connectivity index (χ2v) is 4.55. The van der Waals surface area contributed by atoms with Gasteiger partial charge < -0.3 is 0 Å². The van der Waals surface area contributed by atoms with Crippen LogP contribution in [0.2, 0.25) is 0 Å². The molecule has 3 aromatic rings. The molecule has 0 unspecified atom stereocenters. The van der Waals surface area contributed by atoms with E-state index < -0.39 is 0 Å². The number of fused-ring (bicyclic) bond motifs is 1. The summed E-state index contributed by atoms with van der Waals surface area (Å²) in [6, 6.07) is 19.6. The van der Waals surface area contributed by atoms with Crippen LogP contribution in [0.4, 0.5) is 5.69 Å². The second kappa shape index (κ2) is 5.90. The van der Waals surface area contributed by atoms with Crippen LogP contribution in [0.1, 0.15) is 11.3 Å². The number of hydrogen-bond donors (Lipinski definition) is 1. The van der Waals surface area contributed by atoms with Crippen LogP contribution in [0.25, 0.3) is 23.1 Å². The molecule has 4 nitrogen and oxygen atoms in total. The fraction of sp³-hybridized carbons (Fsp3) is 0. The number of nitrogens with one attached hydrogen (secondary N) is 1. The summed E-state index contributed by atoms with van der Waals surface area (Å²) in [5.74, 6) is 0. The first-order chi connectivity index (χ1) is 10.3. The first-order valence-electron chi connectivity index (χ1n) is 6.56. The van der Waals surface area contributed by atoms with Crippen LogP contribution in [0.15, 0.2) is 65.8 Å². The van der Waals surface area contributed by atoms with Gasteiger partial charge in [-0.25, -0.2) is 4.98 Å². The Bertz CT molecular complexity index is 844. The lowest BCUT2D eigenvalue weighted by atomic mass is 10.1. The van der Waals surface area contributed by atoms with E-state index in [0.29, 0.717) is 5.69 Å². The summed E-state index contributed by atoms with van der Waals surface area (Å²) in [4.78, 5) is 7.60. The van der Waals surface area contributed by atoms with Crippen LogP contribution in [-0.2, 0) is 0 Å². The number of para-hydroxylation sites is 1. The van der Waals surface area contributed by atoms with E-state index in [4.69, 9.17) is 5.53 Å². The molecule has 0 aliphatic heterocycles. The van der Waals surface area contributed by atoms with Gasteiger partial charge in [-0.2, -0.15) is 0 Å². The number of hydrogen-bond acceptors (Lipinski definition) is 3. The standard InChI is InChI=1S/C17H13N4/c18-21-20-16-10-6-13(7-11-16)5-9-15-12-8-14-3-1-2-4-17(14)19-15/h1-12,18H/q+1/b9-5+. The molecule has 21 heavy (non-hydrogen) atoms. The van der Waals surface area contributed by atoms with E-state index in [0.717, 1.165) is 22.2 Å². The smallest absolute Gasteiger partial charge is 0.220 e. The molecule has 0 radical (unpaired) electrons. The Kier molecular flexibility index (Phi) is 3.63. The summed E-state index contributed by atoms with van der Waals surface area (Å²) in [6.45, 7) is 0. The van der Waals surface area contributed by atoms with Crippen molar-refractivity contribution in [3.8, 4) is 0 Å². The fourth-order valence-corrected chi connectivity index (χ4v) is 2.07. The molecular formula is C17H13N4+. The van der Waals surface area contributed by atoms with E-state index in [2.05, 4.69) is 27.1 Å². The molecule has 0 amide bonds. The van der Waals surface area contributed by atoms with E-state index in [9.17, 15) is 0 Å². The van der Waals surface area contributed by atoms with Crippen LogP contribution in [0.5, 0.6) is 0 Å². The Morgan fingerprint density at radius 3 is 2.52 bits per heavy atom. The molecule has 4 heteroatoms. The van der Waals surface area contributed by atoms with E-state index in [-0.39, 0.29) is 0 Å². The lowest BCUT2D eigenvalue weighted by Crippen LogP contribution is -1.82. The van der Waals surface area contributed by atoms with Crippen molar-refractivity contribution in [1.29, 1.82) is 5.53 Å².